The van der Waals surface area contributed by atoms with E-state index in [1.165, 1.54) is 6.20 Å². The van der Waals surface area contributed by atoms with Crippen LogP contribution in [-0.2, 0) is 0 Å². The maximum Gasteiger partial charge on any atom is 0.339 e. The van der Waals surface area contributed by atoms with Crippen molar-refractivity contribution in [3.63, 3.8) is 0 Å². The molecule has 0 saturated carbocycles. The highest BCUT2D eigenvalue weighted by Crippen LogP contribution is 2.16. The van der Waals surface area contributed by atoms with Crippen LogP contribution in [-0.4, -0.2) is 32.8 Å². The van der Waals surface area contributed by atoms with Crippen molar-refractivity contribution < 1.29 is 14.7 Å². The number of allylic oxidation sites excluding steroid dienone is 1. The molecular formula is C18H19N3O3. The molecule has 2 N–H and O–H groups in total. The Morgan fingerprint density at radius 2 is 2.00 bits per heavy atom. The molecule has 3 rings (SSSR count). The number of hydrogen-bond acceptors (Lipinski definition) is 3. The van der Waals surface area contributed by atoms with Crippen LogP contribution in [0.3, 0.4) is 0 Å². The van der Waals surface area contributed by atoms with Crippen LogP contribution in [0.15, 0.2) is 42.6 Å². The van der Waals surface area contributed by atoms with Crippen molar-refractivity contribution in [2.75, 3.05) is 0 Å². The lowest BCUT2D eigenvalue weighted by Gasteiger charge is -2.19. The molecule has 0 aliphatic heterocycles. The van der Waals surface area contributed by atoms with Crippen LogP contribution in [0, 0.1) is 6.92 Å². The summed E-state index contributed by atoms with van der Waals surface area (Å²) in [6.07, 6.45) is 8.38. The van der Waals surface area contributed by atoms with Crippen LogP contribution in [0.4, 0.5) is 0 Å². The van der Waals surface area contributed by atoms with Gasteiger partial charge in [0, 0.05) is 11.6 Å². The van der Waals surface area contributed by atoms with E-state index in [2.05, 4.69) is 22.6 Å². The summed E-state index contributed by atoms with van der Waals surface area (Å²) >= 11 is 0. The number of nitrogens with one attached hydrogen (secondary N) is 1. The minimum Gasteiger partial charge on any atom is -0.478 e. The summed E-state index contributed by atoms with van der Waals surface area (Å²) in [5, 5.41) is 16.2. The van der Waals surface area contributed by atoms with Crippen LogP contribution >= 0.6 is 0 Å². The second-order valence-electron chi connectivity index (χ2n) is 5.86. The maximum absolute atomic E-state index is 12.3. The molecule has 1 heterocycles. The van der Waals surface area contributed by atoms with E-state index in [1.54, 1.807) is 35.9 Å². The number of aromatic nitrogens is 2. The first-order valence-corrected chi connectivity index (χ1v) is 7.90. The molecule has 1 amide bonds. The molecular weight excluding hydrogens is 306 g/mol. The fraction of sp³-hybridized carbons (Fsp3) is 0.278. The third kappa shape index (κ3) is 3.22. The Bertz CT molecular complexity index is 790. The molecule has 0 bridgehead atoms. The van der Waals surface area contributed by atoms with E-state index in [-0.39, 0.29) is 17.5 Å². The number of aromatic carboxylic acids is 1. The Morgan fingerprint density at radius 3 is 2.58 bits per heavy atom. The molecule has 1 atom stereocenters. The molecule has 1 aromatic carbocycles. The standard InChI is InChI=1S/C18H19N3O3/c1-12-16(18(23)24)11-19-21(12)15-9-7-13(8-10-15)17(22)20-14-5-3-2-4-6-14/h2-3,7-11,14H,4-6H2,1H3,(H,20,22)(H,23,24). The molecule has 1 unspecified atom stereocenters. The number of benzene rings is 1. The summed E-state index contributed by atoms with van der Waals surface area (Å²) in [6.45, 7) is 1.70. The minimum atomic E-state index is -1.00. The third-order valence-electron chi connectivity index (χ3n) is 4.22. The van der Waals surface area contributed by atoms with Crippen LogP contribution < -0.4 is 5.32 Å². The molecule has 0 radical (unpaired) electrons. The van der Waals surface area contributed by atoms with Crippen LogP contribution in [0.2, 0.25) is 0 Å². The van der Waals surface area contributed by atoms with Gasteiger partial charge in [-0.05, 0) is 50.5 Å². The summed E-state index contributed by atoms with van der Waals surface area (Å²) in [4.78, 5) is 23.4. The molecule has 1 aromatic heterocycles. The molecule has 2 aromatic rings. The van der Waals surface area contributed by atoms with Gasteiger partial charge in [0.15, 0.2) is 0 Å². The molecule has 1 aliphatic carbocycles. The fourth-order valence-corrected chi connectivity index (χ4v) is 2.83. The van der Waals surface area contributed by atoms with Crippen molar-refractivity contribution in [1.82, 2.24) is 15.1 Å². The van der Waals surface area contributed by atoms with Gasteiger partial charge in [-0.3, -0.25) is 4.79 Å². The van der Waals surface area contributed by atoms with Crippen LogP contribution in [0.5, 0.6) is 0 Å². The number of carbonyl (C=O) groups is 2. The number of carboxylic acid groups (broad SMARTS) is 1. The number of carboxylic acids is 1. The lowest BCUT2D eigenvalue weighted by atomic mass is 10.0. The summed E-state index contributed by atoms with van der Waals surface area (Å²) in [5.41, 5.74) is 2.02. The average Bonchev–Trinajstić information content (AvgIpc) is 2.97. The highest BCUT2D eigenvalue weighted by molar-refractivity contribution is 5.94. The van der Waals surface area contributed by atoms with Gasteiger partial charge in [-0.25, -0.2) is 9.48 Å². The number of amides is 1. The zero-order valence-electron chi connectivity index (χ0n) is 13.4. The highest BCUT2D eigenvalue weighted by Gasteiger charge is 2.16. The predicted molar refractivity (Wildman–Crippen MR) is 89.5 cm³/mol. The minimum absolute atomic E-state index is 0.0923. The molecule has 6 heteroatoms. The molecule has 0 fully saturated rings. The molecule has 124 valence electrons. The van der Waals surface area contributed by atoms with Gasteiger partial charge >= 0.3 is 5.97 Å². The first-order valence-electron chi connectivity index (χ1n) is 7.90. The van der Waals surface area contributed by atoms with Gasteiger partial charge in [-0.2, -0.15) is 5.10 Å². The summed E-state index contributed by atoms with van der Waals surface area (Å²) < 4.78 is 1.55. The third-order valence-corrected chi connectivity index (χ3v) is 4.22. The lowest BCUT2D eigenvalue weighted by Crippen LogP contribution is -2.35. The highest BCUT2D eigenvalue weighted by atomic mass is 16.4. The summed E-state index contributed by atoms with van der Waals surface area (Å²) in [5.74, 6) is -1.10. The molecule has 24 heavy (non-hydrogen) atoms. The van der Waals surface area contributed by atoms with Gasteiger partial charge in [0.2, 0.25) is 0 Å². The van der Waals surface area contributed by atoms with E-state index in [4.69, 9.17) is 5.11 Å². The number of rotatable bonds is 4. The summed E-state index contributed by atoms with van der Waals surface area (Å²) in [7, 11) is 0. The van der Waals surface area contributed by atoms with Gasteiger partial charge < -0.3 is 10.4 Å². The van der Waals surface area contributed by atoms with Gasteiger partial charge in [-0.15, -0.1) is 0 Å². The van der Waals surface area contributed by atoms with E-state index in [0.717, 1.165) is 24.9 Å². The van der Waals surface area contributed by atoms with E-state index in [1.807, 2.05) is 0 Å². The first kappa shape index (κ1) is 16.0. The second-order valence-corrected chi connectivity index (χ2v) is 5.86. The number of hydrogen-bond donors (Lipinski definition) is 2. The zero-order chi connectivity index (χ0) is 17.1. The van der Waals surface area contributed by atoms with E-state index >= 15 is 0 Å². The number of nitrogens with zero attached hydrogens (tertiary/aromatic N) is 2. The summed E-state index contributed by atoms with van der Waals surface area (Å²) in [6, 6.07) is 7.17. The topological polar surface area (TPSA) is 84.2 Å². The Labute approximate surface area is 139 Å². The van der Waals surface area contributed by atoms with E-state index < -0.39 is 5.97 Å². The quantitative estimate of drug-likeness (QED) is 0.847. The first-order chi connectivity index (χ1) is 11.6. The predicted octanol–water partition coefficient (Wildman–Crippen LogP) is 2.72. The van der Waals surface area contributed by atoms with E-state index in [0.29, 0.717) is 11.3 Å². The zero-order valence-corrected chi connectivity index (χ0v) is 13.4. The Balaban J connectivity index is 1.74. The van der Waals surface area contributed by atoms with Crippen molar-refractivity contribution in [3.8, 4) is 5.69 Å². The molecule has 0 saturated heterocycles. The average molecular weight is 325 g/mol. The largest absolute Gasteiger partial charge is 0.478 e. The van der Waals surface area contributed by atoms with Gasteiger partial charge in [0.05, 0.1) is 17.6 Å². The Morgan fingerprint density at radius 1 is 1.25 bits per heavy atom. The van der Waals surface area contributed by atoms with Gasteiger partial charge in [-0.1, -0.05) is 12.2 Å². The second kappa shape index (κ2) is 6.70. The van der Waals surface area contributed by atoms with E-state index in [9.17, 15) is 9.59 Å². The van der Waals surface area contributed by atoms with Gasteiger partial charge in [0.25, 0.3) is 5.91 Å². The monoisotopic (exact) mass is 325 g/mol. The lowest BCUT2D eigenvalue weighted by molar-refractivity contribution is 0.0695. The van der Waals surface area contributed by atoms with Crippen molar-refractivity contribution in [2.45, 2.75) is 32.2 Å². The van der Waals surface area contributed by atoms with Crippen molar-refractivity contribution in [1.29, 1.82) is 0 Å². The Kier molecular flexibility index (Phi) is 4.46. The van der Waals surface area contributed by atoms with Crippen molar-refractivity contribution in [2.24, 2.45) is 0 Å². The van der Waals surface area contributed by atoms with Crippen LogP contribution in [0.1, 0.15) is 45.7 Å². The number of carbonyl (C=O) groups excluding carboxylic acids is 1. The van der Waals surface area contributed by atoms with Crippen LogP contribution in [0.25, 0.3) is 5.69 Å². The molecule has 1 aliphatic rings. The molecule has 6 nitrogen and oxygen atoms in total. The SMILES string of the molecule is Cc1c(C(=O)O)cnn1-c1ccc(C(=O)NC2CC=CCC2)cc1. The van der Waals surface area contributed by atoms with Gasteiger partial charge in [0.1, 0.15) is 5.56 Å². The smallest absolute Gasteiger partial charge is 0.339 e. The van der Waals surface area contributed by atoms with Crippen molar-refractivity contribution in [3.05, 3.63) is 59.4 Å². The molecule has 0 spiro atoms. The fourth-order valence-electron chi connectivity index (χ4n) is 2.83. The Hall–Kier alpha value is -2.89. The normalized spacial score (nSPS) is 16.8. The maximum atomic E-state index is 12.3. The van der Waals surface area contributed by atoms with Crippen molar-refractivity contribution >= 4 is 11.9 Å².